The van der Waals surface area contributed by atoms with Crippen molar-refractivity contribution in [2.45, 2.75) is 39.7 Å². The zero-order valence-corrected chi connectivity index (χ0v) is 10.7. The fourth-order valence-electron chi connectivity index (χ4n) is 1.14. The number of hydrogen-bond acceptors (Lipinski definition) is 3. The Bertz CT molecular complexity index is 313. The summed E-state index contributed by atoms with van der Waals surface area (Å²) in [7, 11) is -3.71. The topological polar surface area (TPSA) is 95.5 Å². The van der Waals surface area contributed by atoms with Crippen molar-refractivity contribution >= 4 is 16.2 Å². The van der Waals surface area contributed by atoms with Crippen molar-refractivity contribution in [3.8, 4) is 0 Å². The lowest BCUT2D eigenvalue weighted by Crippen LogP contribution is -2.47. The second-order valence-corrected chi connectivity index (χ2v) is 5.57. The average molecular weight is 252 g/mol. The van der Waals surface area contributed by atoms with E-state index in [9.17, 15) is 13.2 Å². The van der Waals surface area contributed by atoms with Crippen molar-refractivity contribution in [2.24, 2.45) is 5.92 Å². The number of aliphatic carboxylic acids is 1. The summed E-state index contributed by atoms with van der Waals surface area (Å²) in [4.78, 5) is 10.8. The second-order valence-electron chi connectivity index (χ2n) is 4.04. The number of rotatable bonds is 8. The zero-order valence-electron chi connectivity index (χ0n) is 9.86. The van der Waals surface area contributed by atoms with Gasteiger partial charge in [0, 0.05) is 6.54 Å². The number of hydrogen-bond donors (Lipinski definition) is 3. The van der Waals surface area contributed by atoms with Crippen LogP contribution in [0.5, 0.6) is 0 Å². The van der Waals surface area contributed by atoms with E-state index in [2.05, 4.69) is 9.44 Å². The first-order valence-electron chi connectivity index (χ1n) is 5.28. The van der Waals surface area contributed by atoms with Crippen LogP contribution in [-0.4, -0.2) is 32.1 Å². The maximum atomic E-state index is 11.4. The first-order chi connectivity index (χ1) is 7.28. The molecule has 0 spiro atoms. The normalized spacial score (nSPS) is 14.0. The smallest absolute Gasteiger partial charge is 0.321 e. The molecule has 0 aliphatic rings. The molecule has 3 N–H and O–H groups in total. The SMILES string of the molecule is CCCNS(=O)(=O)N[C@@H](CC(C)C)C(=O)O. The molecule has 0 saturated carbocycles. The predicted octanol–water partition coefficient (Wildman–Crippen LogP) is 0.320. The van der Waals surface area contributed by atoms with Gasteiger partial charge in [-0.15, -0.1) is 0 Å². The summed E-state index contributed by atoms with van der Waals surface area (Å²) < 4.78 is 27.2. The molecule has 0 aromatic heterocycles. The monoisotopic (exact) mass is 252 g/mol. The number of carbonyl (C=O) groups is 1. The molecule has 0 aliphatic carbocycles. The van der Waals surface area contributed by atoms with Crippen molar-refractivity contribution in [1.82, 2.24) is 9.44 Å². The van der Waals surface area contributed by atoms with Gasteiger partial charge in [0.05, 0.1) is 0 Å². The lowest BCUT2D eigenvalue weighted by molar-refractivity contribution is -0.139. The third kappa shape index (κ3) is 6.76. The van der Waals surface area contributed by atoms with E-state index >= 15 is 0 Å². The van der Waals surface area contributed by atoms with E-state index in [1.807, 2.05) is 20.8 Å². The highest BCUT2D eigenvalue weighted by atomic mass is 32.2. The van der Waals surface area contributed by atoms with Crippen LogP contribution in [0.25, 0.3) is 0 Å². The van der Waals surface area contributed by atoms with E-state index in [-0.39, 0.29) is 12.3 Å². The molecule has 0 heterocycles. The van der Waals surface area contributed by atoms with Crippen molar-refractivity contribution in [2.75, 3.05) is 6.54 Å². The molecule has 16 heavy (non-hydrogen) atoms. The molecular formula is C9H20N2O4S. The van der Waals surface area contributed by atoms with Gasteiger partial charge in [-0.25, -0.2) is 4.72 Å². The molecule has 96 valence electrons. The third-order valence-electron chi connectivity index (χ3n) is 1.84. The van der Waals surface area contributed by atoms with Crippen LogP contribution in [-0.2, 0) is 15.0 Å². The Morgan fingerprint density at radius 2 is 1.94 bits per heavy atom. The zero-order chi connectivity index (χ0) is 12.8. The number of carboxylic acids is 1. The Balaban J connectivity index is 4.44. The van der Waals surface area contributed by atoms with Gasteiger partial charge in [-0.05, 0) is 18.8 Å². The lowest BCUT2D eigenvalue weighted by atomic mass is 10.1. The highest BCUT2D eigenvalue weighted by Crippen LogP contribution is 2.05. The molecule has 0 amide bonds. The maximum absolute atomic E-state index is 11.4. The molecule has 1 atom stereocenters. The van der Waals surface area contributed by atoms with E-state index in [0.717, 1.165) is 0 Å². The molecule has 0 aliphatic heterocycles. The largest absolute Gasteiger partial charge is 0.480 e. The molecule has 0 saturated heterocycles. The highest BCUT2D eigenvalue weighted by Gasteiger charge is 2.24. The van der Waals surface area contributed by atoms with Crippen LogP contribution in [0.4, 0.5) is 0 Å². The molecule has 0 aromatic carbocycles. The van der Waals surface area contributed by atoms with Gasteiger partial charge >= 0.3 is 5.97 Å². The molecular weight excluding hydrogens is 232 g/mol. The van der Waals surface area contributed by atoms with Gasteiger partial charge < -0.3 is 5.11 Å². The van der Waals surface area contributed by atoms with Crippen molar-refractivity contribution in [3.63, 3.8) is 0 Å². The second kappa shape index (κ2) is 6.82. The minimum Gasteiger partial charge on any atom is -0.480 e. The Kier molecular flexibility index (Phi) is 6.54. The van der Waals surface area contributed by atoms with Gasteiger partial charge in [0.25, 0.3) is 10.2 Å². The van der Waals surface area contributed by atoms with Crippen LogP contribution in [0.2, 0.25) is 0 Å². The molecule has 0 aromatic rings. The van der Waals surface area contributed by atoms with E-state index < -0.39 is 22.2 Å². The van der Waals surface area contributed by atoms with Gasteiger partial charge in [0.15, 0.2) is 0 Å². The molecule has 0 unspecified atom stereocenters. The summed E-state index contributed by atoms with van der Waals surface area (Å²) in [6.07, 6.45) is 0.922. The quantitative estimate of drug-likeness (QED) is 0.579. The molecule has 0 radical (unpaired) electrons. The minimum absolute atomic E-state index is 0.106. The van der Waals surface area contributed by atoms with Crippen molar-refractivity contribution < 1.29 is 18.3 Å². The predicted molar refractivity (Wildman–Crippen MR) is 61.2 cm³/mol. The average Bonchev–Trinajstić information content (AvgIpc) is 2.12. The number of nitrogens with one attached hydrogen (secondary N) is 2. The van der Waals surface area contributed by atoms with Gasteiger partial charge in [0.1, 0.15) is 6.04 Å². The first kappa shape index (κ1) is 15.3. The molecule has 0 rings (SSSR count). The third-order valence-corrected chi connectivity index (χ3v) is 3.02. The number of carboxylic acid groups (broad SMARTS) is 1. The highest BCUT2D eigenvalue weighted by molar-refractivity contribution is 7.87. The molecule has 0 bridgehead atoms. The van der Waals surface area contributed by atoms with Crippen LogP contribution in [0.3, 0.4) is 0 Å². The van der Waals surface area contributed by atoms with E-state index in [1.54, 1.807) is 0 Å². The van der Waals surface area contributed by atoms with Crippen LogP contribution >= 0.6 is 0 Å². The van der Waals surface area contributed by atoms with E-state index in [4.69, 9.17) is 5.11 Å². The fourth-order valence-corrected chi connectivity index (χ4v) is 2.26. The Labute approximate surface area is 96.6 Å². The van der Waals surface area contributed by atoms with Gasteiger partial charge in [0.2, 0.25) is 0 Å². The standard InChI is InChI=1S/C9H20N2O4S/c1-4-5-10-16(14,15)11-8(9(12)13)6-7(2)3/h7-8,10-11H,4-6H2,1-3H3,(H,12,13)/t8-/m0/s1. The van der Waals surface area contributed by atoms with Gasteiger partial charge in [-0.3, -0.25) is 4.79 Å². The Hall–Kier alpha value is -0.660. The van der Waals surface area contributed by atoms with Crippen LogP contribution in [0, 0.1) is 5.92 Å². The summed E-state index contributed by atoms with van der Waals surface area (Å²) in [6, 6.07) is -1.07. The molecule has 0 fully saturated rings. The summed E-state index contributed by atoms with van der Waals surface area (Å²) in [6.45, 7) is 5.79. The van der Waals surface area contributed by atoms with Crippen molar-refractivity contribution in [1.29, 1.82) is 0 Å². The summed E-state index contributed by atoms with van der Waals surface area (Å²) in [5.41, 5.74) is 0. The summed E-state index contributed by atoms with van der Waals surface area (Å²) in [5, 5.41) is 8.86. The molecule has 7 heteroatoms. The summed E-state index contributed by atoms with van der Waals surface area (Å²) >= 11 is 0. The van der Waals surface area contributed by atoms with Crippen LogP contribution in [0.1, 0.15) is 33.6 Å². The van der Waals surface area contributed by atoms with Gasteiger partial charge in [-0.1, -0.05) is 20.8 Å². The Morgan fingerprint density at radius 1 is 1.38 bits per heavy atom. The van der Waals surface area contributed by atoms with Crippen LogP contribution < -0.4 is 9.44 Å². The molecule has 6 nitrogen and oxygen atoms in total. The van der Waals surface area contributed by atoms with E-state index in [1.165, 1.54) is 0 Å². The van der Waals surface area contributed by atoms with Crippen LogP contribution in [0.15, 0.2) is 0 Å². The summed E-state index contributed by atoms with van der Waals surface area (Å²) in [5.74, 6) is -1.05. The lowest BCUT2D eigenvalue weighted by Gasteiger charge is -2.16. The van der Waals surface area contributed by atoms with E-state index in [0.29, 0.717) is 13.0 Å². The fraction of sp³-hybridized carbons (Fsp3) is 0.889. The first-order valence-corrected chi connectivity index (χ1v) is 6.76. The Morgan fingerprint density at radius 3 is 2.31 bits per heavy atom. The minimum atomic E-state index is -3.71. The van der Waals surface area contributed by atoms with Crippen molar-refractivity contribution in [3.05, 3.63) is 0 Å². The van der Waals surface area contributed by atoms with Gasteiger partial charge in [-0.2, -0.15) is 13.1 Å². The maximum Gasteiger partial charge on any atom is 0.321 e.